The van der Waals surface area contributed by atoms with Crippen LogP contribution in [-0.4, -0.2) is 41.2 Å². The number of carbonyl (C=O) groups is 1. The van der Waals surface area contributed by atoms with Crippen LogP contribution in [0.2, 0.25) is 0 Å². The first-order valence-electron chi connectivity index (χ1n) is 7.05. The summed E-state index contributed by atoms with van der Waals surface area (Å²) >= 11 is 0. The lowest BCUT2D eigenvalue weighted by atomic mass is 10.1. The fourth-order valence-corrected chi connectivity index (χ4v) is 2.41. The molecule has 2 unspecified atom stereocenters. The zero-order valence-electron chi connectivity index (χ0n) is 11.8. The van der Waals surface area contributed by atoms with Gasteiger partial charge in [0.25, 0.3) is 5.91 Å². The summed E-state index contributed by atoms with van der Waals surface area (Å²) in [6.07, 6.45) is 0.869. The summed E-state index contributed by atoms with van der Waals surface area (Å²) in [6, 6.07) is 9.14. The molecule has 2 heterocycles. The summed E-state index contributed by atoms with van der Waals surface area (Å²) in [7, 11) is 0. The summed E-state index contributed by atoms with van der Waals surface area (Å²) in [6.45, 7) is 1.02. The number of aliphatic hydroxyl groups excluding tert-OH is 1. The summed E-state index contributed by atoms with van der Waals surface area (Å²) in [5.74, 6) is -0.616. The number of rotatable bonds is 3. The van der Waals surface area contributed by atoms with Crippen LogP contribution in [0.5, 0.6) is 0 Å². The topological polar surface area (TPSA) is 74.2 Å². The Kier molecular flexibility index (Phi) is 4.13. The van der Waals surface area contributed by atoms with Gasteiger partial charge in [0, 0.05) is 24.8 Å². The van der Waals surface area contributed by atoms with Crippen LogP contribution >= 0.6 is 0 Å². The number of carbonyl (C=O) groups excluding carboxylic acids is 1. The number of nitrogens with zero attached hydrogens (tertiary/aromatic N) is 1. The van der Waals surface area contributed by atoms with E-state index in [1.165, 1.54) is 18.3 Å². The second-order valence-electron chi connectivity index (χ2n) is 5.25. The molecule has 2 aromatic rings. The number of hydrogen-bond donors (Lipinski definition) is 3. The van der Waals surface area contributed by atoms with Gasteiger partial charge in [-0.15, -0.1) is 0 Å². The Morgan fingerprint density at radius 3 is 2.82 bits per heavy atom. The third kappa shape index (κ3) is 3.13. The number of amides is 1. The van der Waals surface area contributed by atoms with Crippen LogP contribution in [0.3, 0.4) is 0 Å². The number of benzene rings is 1. The molecule has 1 aliphatic heterocycles. The molecule has 3 rings (SSSR count). The number of aliphatic hydroxyl groups is 1. The molecule has 6 heteroatoms. The molecular weight excluding hydrogens is 285 g/mol. The third-order valence-electron chi connectivity index (χ3n) is 3.64. The van der Waals surface area contributed by atoms with Crippen molar-refractivity contribution in [3.05, 3.63) is 54.0 Å². The van der Waals surface area contributed by atoms with Gasteiger partial charge >= 0.3 is 0 Å². The van der Waals surface area contributed by atoms with Gasteiger partial charge in [0.2, 0.25) is 0 Å². The van der Waals surface area contributed by atoms with E-state index in [-0.39, 0.29) is 17.8 Å². The van der Waals surface area contributed by atoms with Crippen molar-refractivity contribution in [3.63, 3.8) is 0 Å². The van der Waals surface area contributed by atoms with E-state index < -0.39 is 6.10 Å². The molecule has 5 nitrogen and oxygen atoms in total. The predicted molar refractivity (Wildman–Crippen MR) is 79.8 cm³/mol. The number of halogens is 1. The highest BCUT2D eigenvalue weighted by Gasteiger charge is 2.26. The maximum atomic E-state index is 13.2. The Bertz CT molecular complexity index is 675. The molecule has 0 bridgehead atoms. The largest absolute Gasteiger partial charge is 0.390 e. The number of nitrogens with one attached hydrogen (secondary N) is 2. The first-order valence-corrected chi connectivity index (χ1v) is 7.05. The molecule has 3 N–H and O–H groups in total. The van der Waals surface area contributed by atoms with Crippen LogP contribution in [0, 0.1) is 5.82 Å². The fourth-order valence-electron chi connectivity index (χ4n) is 2.41. The van der Waals surface area contributed by atoms with E-state index in [9.17, 15) is 14.3 Å². The second-order valence-corrected chi connectivity index (χ2v) is 5.25. The highest BCUT2D eigenvalue weighted by Crippen LogP contribution is 2.18. The lowest BCUT2D eigenvalue weighted by Crippen LogP contribution is -2.42. The summed E-state index contributed by atoms with van der Waals surface area (Å²) in [5, 5.41) is 15.4. The Labute approximate surface area is 127 Å². The Morgan fingerprint density at radius 1 is 1.32 bits per heavy atom. The van der Waals surface area contributed by atoms with E-state index in [0.29, 0.717) is 29.9 Å². The van der Waals surface area contributed by atoms with Crippen molar-refractivity contribution < 1.29 is 14.3 Å². The average Bonchev–Trinajstić information content (AvgIpc) is 2.92. The van der Waals surface area contributed by atoms with E-state index in [2.05, 4.69) is 15.6 Å². The van der Waals surface area contributed by atoms with Gasteiger partial charge in [-0.25, -0.2) is 4.39 Å². The quantitative estimate of drug-likeness (QED) is 0.789. The number of aromatic nitrogens is 1. The average molecular weight is 301 g/mol. The van der Waals surface area contributed by atoms with E-state index in [4.69, 9.17) is 0 Å². The molecule has 1 amide bonds. The SMILES string of the molecule is O=C(NC1CNCC1O)c1ccc(-c2cccc(F)c2)nc1. The van der Waals surface area contributed by atoms with Crippen LogP contribution in [0.1, 0.15) is 10.4 Å². The van der Waals surface area contributed by atoms with Gasteiger partial charge in [0.05, 0.1) is 23.4 Å². The number of pyridine rings is 1. The summed E-state index contributed by atoms with van der Waals surface area (Å²) in [4.78, 5) is 16.3. The number of β-amino-alcohol motifs (C(OH)–C–C–N with tert-alkyl or cyclic N) is 1. The van der Waals surface area contributed by atoms with E-state index in [1.54, 1.807) is 24.3 Å². The van der Waals surface area contributed by atoms with Gasteiger partial charge in [0.1, 0.15) is 5.82 Å². The van der Waals surface area contributed by atoms with Crippen molar-refractivity contribution in [3.8, 4) is 11.3 Å². The summed E-state index contributed by atoms with van der Waals surface area (Å²) in [5.41, 5.74) is 1.65. The Hall–Kier alpha value is -2.31. The smallest absolute Gasteiger partial charge is 0.253 e. The van der Waals surface area contributed by atoms with Crippen molar-refractivity contribution in [1.29, 1.82) is 0 Å². The van der Waals surface area contributed by atoms with Crippen LogP contribution in [0.15, 0.2) is 42.6 Å². The molecule has 1 saturated heterocycles. The highest BCUT2D eigenvalue weighted by molar-refractivity contribution is 5.94. The first-order chi connectivity index (χ1) is 10.6. The van der Waals surface area contributed by atoms with Gasteiger partial charge in [-0.2, -0.15) is 0 Å². The van der Waals surface area contributed by atoms with Gasteiger partial charge in [-0.3, -0.25) is 9.78 Å². The molecule has 0 aliphatic carbocycles. The lowest BCUT2D eigenvalue weighted by Gasteiger charge is -2.15. The molecule has 0 radical (unpaired) electrons. The second kappa shape index (κ2) is 6.21. The van der Waals surface area contributed by atoms with Gasteiger partial charge in [0.15, 0.2) is 0 Å². The van der Waals surface area contributed by atoms with Gasteiger partial charge in [-0.1, -0.05) is 12.1 Å². The third-order valence-corrected chi connectivity index (χ3v) is 3.64. The zero-order chi connectivity index (χ0) is 15.5. The van der Waals surface area contributed by atoms with Crippen molar-refractivity contribution in [2.24, 2.45) is 0 Å². The van der Waals surface area contributed by atoms with Crippen LogP contribution in [-0.2, 0) is 0 Å². The maximum absolute atomic E-state index is 13.2. The highest BCUT2D eigenvalue weighted by atomic mass is 19.1. The molecule has 1 aromatic carbocycles. The van der Waals surface area contributed by atoms with Crippen molar-refractivity contribution >= 4 is 5.91 Å². The molecular formula is C16H16FN3O2. The Balaban J connectivity index is 1.72. The molecule has 0 saturated carbocycles. The zero-order valence-corrected chi connectivity index (χ0v) is 11.8. The predicted octanol–water partition coefficient (Wildman–Crippen LogP) is 0.950. The van der Waals surface area contributed by atoms with Crippen molar-refractivity contribution in [2.75, 3.05) is 13.1 Å². The summed E-state index contributed by atoms with van der Waals surface area (Å²) < 4.78 is 13.2. The maximum Gasteiger partial charge on any atom is 0.253 e. The molecule has 1 fully saturated rings. The van der Waals surface area contributed by atoms with E-state index in [0.717, 1.165) is 0 Å². The molecule has 114 valence electrons. The van der Waals surface area contributed by atoms with Crippen LogP contribution in [0.25, 0.3) is 11.3 Å². The molecule has 1 aliphatic rings. The minimum atomic E-state index is -0.580. The lowest BCUT2D eigenvalue weighted by molar-refractivity contribution is 0.0888. The number of hydrogen-bond acceptors (Lipinski definition) is 4. The van der Waals surface area contributed by atoms with Crippen LogP contribution in [0.4, 0.5) is 4.39 Å². The van der Waals surface area contributed by atoms with Crippen molar-refractivity contribution in [1.82, 2.24) is 15.6 Å². The van der Waals surface area contributed by atoms with Gasteiger partial charge < -0.3 is 15.7 Å². The van der Waals surface area contributed by atoms with Crippen molar-refractivity contribution in [2.45, 2.75) is 12.1 Å². The molecule has 2 atom stereocenters. The fraction of sp³-hybridized carbons (Fsp3) is 0.250. The first kappa shape index (κ1) is 14.6. The molecule has 0 spiro atoms. The van der Waals surface area contributed by atoms with Crippen LogP contribution < -0.4 is 10.6 Å². The molecule has 22 heavy (non-hydrogen) atoms. The Morgan fingerprint density at radius 2 is 2.18 bits per heavy atom. The van der Waals surface area contributed by atoms with E-state index >= 15 is 0 Å². The minimum absolute atomic E-state index is 0.286. The molecule has 1 aromatic heterocycles. The standard InChI is InChI=1S/C16H16FN3O2/c17-12-3-1-2-10(6-12)13-5-4-11(7-19-13)16(22)20-14-8-18-9-15(14)21/h1-7,14-15,18,21H,8-9H2,(H,20,22). The van der Waals surface area contributed by atoms with Gasteiger partial charge in [-0.05, 0) is 24.3 Å². The minimum Gasteiger partial charge on any atom is -0.390 e. The normalized spacial score (nSPS) is 20.8. The van der Waals surface area contributed by atoms with E-state index in [1.807, 2.05) is 0 Å². The monoisotopic (exact) mass is 301 g/mol.